The number of halogens is 1. The van der Waals surface area contributed by atoms with Crippen molar-refractivity contribution in [1.82, 2.24) is 0 Å². The summed E-state index contributed by atoms with van der Waals surface area (Å²) in [4.78, 5) is -0.105. The monoisotopic (exact) mass is 279 g/mol. The van der Waals surface area contributed by atoms with Gasteiger partial charge in [0.1, 0.15) is 6.10 Å². The molecule has 0 fully saturated rings. The molecule has 0 aromatic heterocycles. The van der Waals surface area contributed by atoms with E-state index in [1.807, 2.05) is 0 Å². The smallest absolute Gasteiger partial charge is 0.238 e. The van der Waals surface area contributed by atoms with E-state index in [4.69, 9.17) is 16.7 Å². The number of aliphatic hydroxyl groups excluding tert-OH is 2. The maximum absolute atomic E-state index is 11.1. The van der Waals surface area contributed by atoms with Crippen LogP contribution in [-0.4, -0.2) is 30.6 Å². The van der Waals surface area contributed by atoms with Gasteiger partial charge in [0.25, 0.3) is 0 Å². The molecule has 0 aliphatic rings. The van der Waals surface area contributed by atoms with Crippen LogP contribution in [0.25, 0.3) is 0 Å². The minimum absolute atomic E-state index is 0.105. The van der Waals surface area contributed by atoms with E-state index in [0.29, 0.717) is 0 Å². The highest BCUT2D eigenvalue weighted by molar-refractivity contribution is 7.89. The first-order chi connectivity index (χ1) is 7.86. The molecule has 0 amide bonds. The normalized spacial score (nSPS) is 15.5. The first-order valence-electron chi connectivity index (χ1n) is 4.91. The maximum Gasteiger partial charge on any atom is 0.238 e. The Morgan fingerprint density at radius 1 is 1.35 bits per heavy atom. The van der Waals surface area contributed by atoms with Crippen LogP contribution < -0.4 is 5.14 Å². The number of hydrogen-bond acceptors (Lipinski definition) is 4. The van der Waals surface area contributed by atoms with E-state index in [1.165, 1.54) is 24.3 Å². The summed E-state index contributed by atoms with van der Waals surface area (Å²) in [5.41, 5.74) is 0.286. The number of sulfonamides is 1. The van der Waals surface area contributed by atoms with E-state index in [9.17, 15) is 18.6 Å². The first-order valence-corrected chi connectivity index (χ1v) is 6.99. The van der Waals surface area contributed by atoms with Gasteiger partial charge < -0.3 is 10.2 Å². The Kier molecular flexibility index (Phi) is 4.91. The van der Waals surface area contributed by atoms with Crippen LogP contribution in [0.2, 0.25) is 0 Å². The van der Waals surface area contributed by atoms with Gasteiger partial charge in [-0.3, -0.25) is 0 Å². The second-order valence-corrected chi connectivity index (χ2v) is 5.55. The second kappa shape index (κ2) is 5.79. The summed E-state index contributed by atoms with van der Waals surface area (Å²) in [6, 6.07) is 5.51. The molecule has 0 saturated heterocycles. The zero-order valence-corrected chi connectivity index (χ0v) is 10.5. The number of nitrogens with two attached hydrogens (primary N) is 1. The Labute approximate surface area is 105 Å². The molecule has 0 radical (unpaired) electrons. The van der Waals surface area contributed by atoms with Crippen LogP contribution >= 0.6 is 11.6 Å². The number of primary sulfonamides is 1. The van der Waals surface area contributed by atoms with Crippen molar-refractivity contribution in [3.8, 4) is 0 Å². The highest BCUT2D eigenvalue weighted by Crippen LogP contribution is 2.21. The van der Waals surface area contributed by atoms with Gasteiger partial charge in [0, 0.05) is 5.88 Å². The third kappa shape index (κ3) is 3.93. The standard InChI is InChI=1S/C10H14ClNO4S/c11-5-4-9(13)10(14)7-2-1-3-8(6-7)17(12,15)16/h1-3,6,9-10,13-14H,4-5H2,(H2,12,15,16). The van der Waals surface area contributed by atoms with E-state index in [0.717, 1.165) is 0 Å². The highest BCUT2D eigenvalue weighted by atomic mass is 35.5. The fraction of sp³-hybridized carbons (Fsp3) is 0.400. The molecule has 1 aromatic carbocycles. The molecule has 0 spiro atoms. The van der Waals surface area contributed by atoms with E-state index in [1.54, 1.807) is 0 Å². The van der Waals surface area contributed by atoms with Crippen molar-refractivity contribution in [1.29, 1.82) is 0 Å². The van der Waals surface area contributed by atoms with Gasteiger partial charge in [-0.1, -0.05) is 12.1 Å². The fourth-order valence-corrected chi connectivity index (χ4v) is 2.16. The SMILES string of the molecule is NS(=O)(=O)c1cccc(C(O)C(O)CCCl)c1. The third-order valence-corrected chi connectivity index (χ3v) is 3.43. The molecular formula is C10H14ClNO4S. The van der Waals surface area contributed by atoms with Gasteiger partial charge in [-0.25, -0.2) is 13.6 Å². The lowest BCUT2D eigenvalue weighted by Crippen LogP contribution is -2.19. The fourth-order valence-electron chi connectivity index (χ4n) is 1.37. The number of rotatable bonds is 5. The van der Waals surface area contributed by atoms with Crippen LogP contribution in [0.3, 0.4) is 0 Å². The summed E-state index contributed by atoms with van der Waals surface area (Å²) < 4.78 is 22.2. The Morgan fingerprint density at radius 3 is 2.53 bits per heavy atom. The highest BCUT2D eigenvalue weighted by Gasteiger charge is 2.19. The second-order valence-electron chi connectivity index (χ2n) is 3.61. The third-order valence-electron chi connectivity index (χ3n) is 2.30. The van der Waals surface area contributed by atoms with Crippen molar-refractivity contribution in [2.45, 2.75) is 23.5 Å². The largest absolute Gasteiger partial charge is 0.390 e. The molecule has 0 aliphatic heterocycles. The summed E-state index contributed by atoms with van der Waals surface area (Å²) >= 11 is 5.44. The van der Waals surface area contributed by atoms with Crippen molar-refractivity contribution in [3.63, 3.8) is 0 Å². The van der Waals surface area contributed by atoms with Crippen LogP contribution in [0.4, 0.5) is 0 Å². The molecule has 96 valence electrons. The Bertz CT molecular complexity index is 477. The topological polar surface area (TPSA) is 101 Å². The quantitative estimate of drug-likeness (QED) is 0.677. The van der Waals surface area contributed by atoms with Crippen LogP contribution in [0.15, 0.2) is 29.2 Å². The molecule has 4 N–H and O–H groups in total. The number of alkyl halides is 1. The van der Waals surface area contributed by atoms with Crippen LogP contribution in [0, 0.1) is 0 Å². The van der Waals surface area contributed by atoms with Gasteiger partial charge in [0.05, 0.1) is 11.0 Å². The number of aliphatic hydroxyl groups is 2. The van der Waals surface area contributed by atoms with Crippen molar-refractivity contribution in [2.75, 3.05) is 5.88 Å². The Balaban J connectivity index is 3.00. The van der Waals surface area contributed by atoms with Gasteiger partial charge in [-0.15, -0.1) is 11.6 Å². The molecule has 1 rings (SSSR count). The predicted molar refractivity (Wildman–Crippen MR) is 64.1 cm³/mol. The number of benzene rings is 1. The van der Waals surface area contributed by atoms with Gasteiger partial charge in [-0.05, 0) is 24.1 Å². The summed E-state index contributed by atoms with van der Waals surface area (Å²) in [6.45, 7) is 0. The molecule has 1 aromatic rings. The molecule has 0 heterocycles. The van der Waals surface area contributed by atoms with Crippen LogP contribution in [0.1, 0.15) is 18.1 Å². The lowest BCUT2D eigenvalue weighted by Gasteiger charge is -2.17. The zero-order valence-electron chi connectivity index (χ0n) is 8.95. The molecular weight excluding hydrogens is 266 g/mol. The van der Waals surface area contributed by atoms with E-state index >= 15 is 0 Å². The molecule has 5 nitrogen and oxygen atoms in total. The van der Waals surface area contributed by atoms with Gasteiger partial charge in [0.15, 0.2) is 0 Å². The van der Waals surface area contributed by atoms with Crippen molar-refractivity contribution in [2.24, 2.45) is 5.14 Å². The van der Waals surface area contributed by atoms with E-state index in [2.05, 4.69) is 0 Å². The van der Waals surface area contributed by atoms with Gasteiger partial charge >= 0.3 is 0 Å². The average Bonchev–Trinajstić information content (AvgIpc) is 2.27. The maximum atomic E-state index is 11.1. The Morgan fingerprint density at radius 2 is 2.00 bits per heavy atom. The summed E-state index contributed by atoms with van der Waals surface area (Å²) in [5.74, 6) is 0.201. The molecule has 2 unspecified atom stereocenters. The lowest BCUT2D eigenvalue weighted by atomic mass is 10.0. The molecule has 0 aliphatic carbocycles. The minimum atomic E-state index is -3.82. The molecule has 7 heteroatoms. The van der Waals surface area contributed by atoms with Crippen molar-refractivity contribution in [3.05, 3.63) is 29.8 Å². The average molecular weight is 280 g/mol. The minimum Gasteiger partial charge on any atom is -0.390 e. The van der Waals surface area contributed by atoms with Crippen LogP contribution in [0.5, 0.6) is 0 Å². The lowest BCUT2D eigenvalue weighted by molar-refractivity contribution is 0.0169. The Hall–Kier alpha value is -0.660. The van der Waals surface area contributed by atoms with Crippen LogP contribution in [-0.2, 0) is 10.0 Å². The molecule has 0 bridgehead atoms. The van der Waals surface area contributed by atoms with E-state index in [-0.39, 0.29) is 22.8 Å². The van der Waals surface area contributed by atoms with E-state index < -0.39 is 22.2 Å². The van der Waals surface area contributed by atoms with Crippen molar-refractivity contribution < 1.29 is 18.6 Å². The summed E-state index contributed by atoms with van der Waals surface area (Å²) in [7, 11) is -3.82. The molecule has 0 saturated carbocycles. The van der Waals surface area contributed by atoms with Gasteiger partial charge in [-0.2, -0.15) is 0 Å². The molecule has 17 heavy (non-hydrogen) atoms. The zero-order chi connectivity index (χ0) is 13.1. The van der Waals surface area contributed by atoms with Crippen molar-refractivity contribution >= 4 is 21.6 Å². The summed E-state index contributed by atoms with van der Waals surface area (Å²) in [6.07, 6.45) is -2.01. The summed E-state index contributed by atoms with van der Waals surface area (Å²) in [5, 5.41) is 24.3. The number of hydrogen-bond donors (Lipinski definition) is 3. The predicted octanol–water partition coefficient (Wildman–Crippen LogP) is 0.357. The first kappa shape index (κ1) is 14.4. The van der Waals surface area contributed by atoms with Gasteiger partial charge in [0.2, 0.25) is 10.0 Å². The molecule has 2 atom stereocenters.